The maximum Gasteiger partial charge on any atom is 0.0964 e. The van der Waals surface area contributed by atoms with E-state index in [-0.39, 0.29) is 18.1 Å². The summed E-state index contributed by atoms with van der Waals surface area (Å²) in [6.07, 6.45) is 7.61. The van der Waals surface area contributed by atoms with Crippen molar-refractivity contribution >= 4 is 12.4 Å². The average Bonchev–Trinajstić information content (AvgIpc) is 2.70. The van der Waals surface area contributed by atoms with Gasteiger partial charge in [0.05, 0.1) is 17.7 Å². The Morgan fingerprint density at radius 1 is 1.64 bits per heavy atom. The van der Waals surface area contributed by atoms with Crippen molar-refractivity contribution < 1.29 is 0 Å². The molecule has 0 aliphatic heterocycles. The molecule has 4 heteroatoms. The van der Waals surface area contributed by atoms with Crippen LogP contribution in [0.5, 0.6) is 0 Å². The number of aromatic nitrogens is 2. The zero-order valence-electron chi connectivity index (χ0n) is 8.73. The molecule has 1 atom stereocenters. The molecule has 0 spiro atoms. The lowest BCUT2D eigenvalue weighted by molar-refractivity contribution is 0.288. The second-order valence-corrected chi connectivity index (χ2v) is 4.43. The van der Waals surface area contributed by atoms with Gasteiger partial charge in [-0.1, -0.05) is 12.8 Å². The van der Waals surface area contributed by atoms with Crippen LogP contribution in [0, 0.1) is 12.8 Å². The molecule has 1 aliphatic rings. The van der Waals surface area contributed by atoms with Crippen molar-refractivity contribution in [2.24, 2.45) is 11.7 Å². The highest BCUT2D eigenvalue weighted by Crippen LogP contribution is 2.37. The van der Waals surface area contributed by atoms with Crippen LogP contribution in [0.15, 0.2) is 12.5 Å². The maximum absolute atomic E-state index is 6.22. The Morgan fingerprint density at radius 3 is 2.71 bits per heavy atom. The minimum atomic E-state index is -0.248. The lowest BCUT2D eigenvalue weighted by Crippen LogP contribution is -2.39. The molecule has 0 radical (unpaired) electrons. The summed E-state index contributed by atoms with van der Waals surface area (Å²) in [6, 6.07) is 0. The number of nitrogens with zero attached hydrogens (tertiary/aromatic N) is 2. The van der Waals surface area contributed by atoms with Crippen molar-refractivity contribution in [1.29, 1.82) is 0 Å². The van der Waals surface area contributed by atoms with E-state index >= 15 is 0 Å². The first-order valence-electron chi connectivity index (χ1n) is 4.88. The summed E-state index contributed by atoms with van der Waals surface area (Å²) in [5.41, 5.74) is 7.00. The summed E-state index contributed by atoms with van der Waals surface area (Å²) < 4.78 is 2.03. The normalized spacial score (nSPS) is 19.9. The van der Waals surface area contributed by atoms with E-state index in [9.17, 15) is 0 Å². The van der Waals surface area contributed by atoms with Crippen LogP contribution in [-0.4, -0.2) is 9.55 Å². The molecule has 0 bridgehead atoms. The van der Waals surface area contributed by atoms with Gasteiger partial charge in [0.15, 0.2) is 0 Å². The molecule has 14 heavy (non-hydrogen) atoms. The summed E-state index contributed by atoms with van der Waals surface area (Å²) in [7, 11) is 0. The van der Waals surface area contributed by atoms with Gasteiger partial charge < -0.3 is 10.3 Å². The molecule has 2 rings (SSSR count). The number of imidazole rings is 1. The van der Waals surface area contributed by atoms with Gasteiger partial charge >= 0.3 is 0 Å². The average molecular weight is 216 g/mol. The summed E-state index contributed by atoms with van der Waals surface area (Å²) in [5.74, 6) is 0.845. The highest BCUT2D eigenvalue weighted by atomic mass is 35.5. The van der Waals surface area contributed by atoms with Gasteiger partial charge in [-0.25, -0.2) is 4.98 Å². The first-order valence-corrected chi connectivity index (χ1v) is 4.88. The van der Waals surface area contributed by atoms with Crippen molar-refractivity contribution in [3.63, 3.8) is 0 Å². The molecule has 1 aliphatic carbocycles. The molecule has 1 fully saturated rings. The van der Waals surface area contributed by atoms with Crippen LogP contribution < -0.4 is 5.73 Å². The molecule has 1 aromatic rings. The number of hydrogen-bond donors (Lipinski definition) is 1. The van der Waals surface area contributed by atoms with Crippen molar-refractivity contribution in [3.05, 3.63) is 18.2 Å². The molecule has 3 nitrogen and oxygen atoms in total. The highest BCUT2D eigenvalue weighted by molar-refractivity contribution is 5.85. The van der Waals surface area contributed by atoms with Gasteiger partial charge in [-0.3, -0.25) is 0 Å². The molecule has 0 amide bonds. The Hall–Kier alpha value is -0.540. The quantitative estimate of drug-likeness (QED) is 0.839. The fourth-order valence-corrected chi connectivity index (χ4v) is 1.71. The standard InChI is InChI=1S/C10H17N3.ClH/c1-8-6-13(7-12-8)10(2,11)5-9-3-4-9;/h6-7,9H,3-5,11H2,1-2H3;1H/t10-;/m1./s1. The highest BCUT2D eigenvalue weighted by Gasteiger charge is 2.31. The molecule has 1 saturated carbocycles. The van der Waals surface area contributed by atoms with Crippen LogP contribution >= 0.6 is 12.4 Å². The third-order valence-electron chi connectivity index (χ3n) is 2.70. The fourth-order valence-electron chi connectivity index (χ4n) is 1.71. The monoisotopic (exact) mass is 215 g/mol. The number of rotatable bonds is 3. The van der Waals surface area contributed by atoms with Gasteiger partial charge in [-0.15, -0.1) is 12.4 Å². The van der Waals surface area contributed by atoms with Gasteiger partial charge in [0.25, 0.3) is 0 Å². The Labute approximate surface area is 91.1 Å². The Bertz CT molecular complexity index is 302. The maximum atomic E-state index is 6.22. The van der Waals surface area contributed by atoms with Gasteiger partial charge in [-0.05, 0) is 26.2 Å². The van der Waals surface area contributed by atoms with Crippen LogP contribution in [-0.2, 0) is 5.66 Å². The number of nitrogens with two attached hydrogens (primary N) is 1. The van der Waals surface area contributed by atoms with Crippen molar-refractivity contribution in [2.45, 2.75) is 38.8 Å². The summed E-state index contributed by atoms with van der Waals surface area (Å²) in [5, 5.41) is 0. The molecular weight excluding hydrogens is 198 g/mol. The zero-order chi connectivity index (χ0) is 9.47. The molecule has 0 saturated heterocycles. The van der Waals surface area contributed by atoms with Gasteiger partial charge in [0, 0.05) is 6.20 Å². The molecular formula is C10H18ClN3. The van der Waals surface area contributed by atoms with Crippen molar-refractivity contribution in [2.75, 3.05) is 0 Å². The van der Waals surface area contributed by atoms with E-state index < -0.39 is 0 Å². The lowest BCUT2D eigenvalue weighted by Gasteiger charge is -2.26. The second kappa shape index (κ2) is 3.91. The summed E-state index contributed by atoms with van der Waals surface area (Å²) in [4.78, 5) is 4.19. The Balaban J connectivity index is 0.000000980. The zero-order valence-corrected chi connectivity index (χ0v) is 9.55. The first-order chi connectivity index (χ1) is 6.08. The molecule has 80 valence electrons. The topological polar surface area (TPSA) is 43.8 Å². The van der Waals surface area contributed by atoms with Crippen LogP contribution in [0.4, 0.5) is 0 Å². The van der Waals surface area contributed by atoms with Crippen molar-refractivity contribution in [1.82, 2.24) is 9.55 Å². The number of hydrogen-bond acceptors (Lipinski definition) is 2. The molecule has 2 N–H and O–H groups in total. The van der Waals surface area contributed by atoms with E-state index in [0.29, 0.717) is 0 Å². The smallest absolute Gasteiger partial charge is 0.0964 e. The third kappa shape index (κ3) is 2.49. The van der Waals surface area contributed by atoms with E-state index in [1.165, 1.54) is 12.8 Å². The summed E-state index contributed by atoms with van der Waals surface area (Å²) >= 11 is 0. The summed E-state index contributed by atoms with van der Waals surface area (Å²) in [6.45, 7) is 4.07. The SMILES string of the molecule is Cc1cn([C@@](C)(N)CC2CC2)cn1.Cl. The molecule has 1 aromatic heterocycles. The molecule has 1 heterocycles. The first kappa shape index (κ1) is 11.5. The molecule has 0 aromatic carbocycles. The van der Waals surface area contributed by atoms with Crippen LogP contribution in [0.25, 0.3) is 0 Å². The van der Waals surface area contributed by atoms with E-state index in [1.807, 2.05) is 24.0 Å². The van der Waals surface area contributed by atoms with Crippen LogP contribution in [0.2, 0.25) is 0 Å². The fraction of sp³-hybridized carbons (Fsp3) is 0.700. The third-order valence-corrected chi connectivity index (χ3v) is 2.70. The predicted octanol–water partition coefficient (Wildman–Crippen LogP) is 2.04. The van der Waals surface area contributed by atoms with Gasteiger partial charge in [0.1, 0.15) is 0 Å². The number of halogens is 1. The molecule has 0 unspecified atom stereocenters. The lowest BCUT2D eigenvalue weighted by atomic mass is 10.1. The van der Waals surface area contributed by atoms with Crippen molar-refractivity contribution in [3.8, 4) is 0 Å². The predicted molar refractivity (Wildman–Crippen MR) is 59.4 cm³/mol. The Kier molecular flexibility index (Phi) is 3.22. The minimum absolute atomic E-state index is 0. The minimum Gasteiger partial charge on any atom is -0.319 e. The van der Waals surface area contributed by atoms with E-state index in [2.05, 4.69) is 11.9 Å². The second-order valence-electron chi connectivity index (χ2n) is 4.43. The Morgan fingerprint density at radius 2 is 2.29 bits per heavy atom. The van der Waals surface area contributed by atoms with Gasteiger partial charge in [-0.2, -0.15) is 0 Å². The van der Waals surface area contributed by atoms with E-state index in [4.69, 9.17) is 5.73 Å². The van der Waals surface area contributed by atoms with Gasteiger partial charge in [0.2, 0.25) is 0 Å². The van der Waals surface area contributed by atoms with Crippen LogP contribution in [0.3, 0.4) is 0 Å². The van der Waals surface area contributed by atoms with E-state index in [0.717, 1.165) is 18.0 Å². The van der Waals surface area contributed by atoms with E-state index in [1.54, 1.807) is 0 Å². The van der Waals surface area contributed by atoms with Crippen LogP contribution in [0.1, 0.15) is 31.9 Å². The largest absolute Gasteiger partial charge is 0.319 e. The number of aryl methyl sites for hydroxylation is 1.